The standard InChI is InChI=1S/C17H20N2O4S/c1-2-23-14-5-3-13(4-6-14)11-15-16(20)19(17(21)24-15)12-18-7-9-22-10-8-18/h3-6,11H,2,7-10,12H2,1H3/p+1/b15-11-. The molecule has 0 radical (unpaired) electrons. The molecule has 2 saturated heterocycles. The van der Waals surface area contributed by atoms with E-state index in [2.05, 4.69) is 0 Å². The van der Waals surface area contributed by atoms with Gasteiger partial charge in [0.05, 0.1) is 24.7 Å². The number of hydrogen-bond donors (Lipinski definition) is 1. The van der Waals surface area contributed by atoms with Gasteiger partial charge in [-0.2, -0.15) is 0 Å². The molecule has 0 atom stereocenters. The Morgan fingerprint density at radius 1 is 1.25 bits per heavy atom. The minimum absolute atomic E-state index is 0.198. The fourth-order valence-corrected chi connectivity index (χ4v) is 3.49. The lowest BCUT2D eigenvalue weighted by Crippen LogP contribution is -3.15. The number of rotatable bonds is 5. The molecule has 0 spiro atoms. The highest BCUT2D eigenvalue weighted by atomic mass is 32.2. The lowest BCUT2D eigenvalue weighted by atomic mass is 10.2. The van der Waals surface area contributed by atoms with Gasteiger partial charge in [0.1, 0.15) is 18.8 Å². The highest BCUT2D eigenvalue weighted by Crippen LogP contribution is 2.31. The summed E-state index contributed by atoms with van der Waals surface area (Å²) in [6, 6.07) is 7.48. The van der Waals surface area contributed by atoms with E-state index in [1.165, 1.54) is 9.80 Å². The number of imide groups is 1. The first-order valence-corrected chi connectivity index (χ1v) is 8.88. The van der Waals surface area contributed by atoms with E-state index < -0.39 is 0 Å². The number of thioether (sulfide) groups is 1. The van der Waals surface area contributed by atoms with Crippen LogP contribution < -0.4 is 9.64 Å². The van der Waals surface area contributed by atoms with Gasteiger partial charge in [-0.15, -0.1) is 0 Å². The summed E-state index contributed by atoms with van der Waals surface area (Å²) in [5.74, 6) is 0.580. The summed E-state index contributed by atoms with van der Waals surface area (Å²) in [5, 5.41) is -0.198. The molecule has 24 heavy (non-hydrogen) atoms. The van der Waals surface area contributed by atoms with Gasteiger partial charge >= 0.3 is 0 Å². The number of amides is 2. The van der Waals surface area contributed by atoms with Gasteiger partial charge < -0.3 is 14.4 Å². The molecule has 128 valence electrons. The van der Waals surface area contributed by atoms with Gasteiger partial charge in [-0.1, -0.05) is 12.1 Å². The lowest BCUT2D eigenvalue weighted by molar-refractivity contribution is -0.915. The molecule has 3 rings (SSSR count). The molecule has 2 heterocycles. The zero-order valence-corrected chi connectivity index (χ0v) is 14.4. The molecule has 1 aromatic rings. The largest absolute Gasteiger partial charge is 0.494 e. The molecule has 0 unspecified atom stereocenters. The van der Waals surface area contributed by atoms with Crippen LogP contribution in [0.3, 0.4) is 0 Å². The number of hydrogen-bond acceptors (Lipinski definition) is 5. The van der Waals surface area contributed by atoms with Crippen LogP contribution in [0.1, 0.15) is 12.5 Å². The van der Waals surface area contributed by atoms with Gasteiger partial charge in [0, 0.05) is 0 Å². The third-order valence-electron chi connectivity index (χ3n) is 3.94. The van der Waals surface area contributed by atoms with Gasteiger partial charge in [-0.3, -0.25) is 9.59 Å². The molecule has 0 aromatic heterocycles. The van der Waals surface area contributed by atoms with Crippen molar-refractivity contribution < 1.29 is 24.0 Å². The number of carbonyl (C=O) groups excluding carboxylic acids is 2. The van der Waals surface area contributed by atoms with Crippen LogP contribution in [-0.4, -0.2) is 55.6 Å². The summed E-state index contributed by atoms with van der Waals surface area (Å²) in [6.45, 7) is 5.94. The average molecular weight is 349 g/mol. The van der Waals surface area contributed by atoms with E-state index >= 15 is 0 Å². The molecule has 1 N–H and O–H groups in total. The highest BCUT2D eigenvalue weighted by molar-refractivity contribution is 8.18. The Kier molecular flexibility index (Phi) is 5.55. The molecule has 2 aliphatic heterocycles. The molecule has 0 bridgehead atoms. The Bertz CT molecular complexity index is 638. The smallest absolute Gasteiger partial charge is 0.298 e. The molecule has 2 amide bonds. The molecule has 0 aliphatic carbocycles. The predicted octanol–water partition coefficient (Wildman–Crippen LogP) is 0.994. The van der Waals surface area contributed by atoms with Crippen molar-refractivity contribution in [2.24, 2.45) is 0 Å². The van der Waals surface area contributed by atoms with Crippen LogP contribution in [0.4, 0.5) is 4.79 Å². The summed E-state index contributed by atoms with van der Waals surface area (Å²) >= 11 is 1.00. The highest BCUT2D eigenvalue weighted by Gasteiger charge is 2.37. The van der Waals surface area contributed by atoms with Crippen molar-refractivity contribution in [3.8, 4) is 5.75 Å². The van der Waals surface area contributed by atoms with Crippen LogP contribution in [0.2, 0.25) is 0 Å². The summed E-state index contributed by atoms with van der Waals surface area (Å²) in [7, 11) is 0. The Hall–Kier alpha value is -1.83. The topological polar surface area (TPSA) is 60.3 Å². The van der Waals surface area contributed by atoms with Crippen molar-refractivity contribution in [2.75, 3.05) is 39.6 Å². The van der Waals surface area contributed by atoms with Gasteiger partial charge in [0.2, 0.25) is 0 Å². The SMILES string of the molecule is CCOc1ccc(/C=C2\SC(=O)N(C[NH+]3CCOCC3)C2=O)cc1. The first kappa shape index (κ1) is 17.0. The quantitative estimate of drug-likeness (QED) is 0.804. The van der Waals surface area contributed by atoms with Crippen molar-refractivity contribution in [3.63, 3.8) is 0 Å². The third-order valence-corrected chi connectivity index (χ3v) is 4.85. The fourth-order valence-electron chi connectivity index (χ4n) is 2.66. The number of carbonyl (C=O) groups is 2. The molecular formula is C17H21N2O4S+. The monoisotopic (exact) mass is 349 g/mol. The summed E-state index contributed by atoms with van der Waals surface area (Å²) in [6.07, 6.45) is 1.76. The van der Waals surface area contributed by atoms with Crippen molar-refractivity contribution in [1.29, 1.82) is 0 Å². The second-order valence-electron chi connectivity index (χ2n) is 5.63. The van der Waals surface area contributed by atoms with Crippen molar-refractivity contribution >= 4 is 29.0 Å². The Balaban J connectivity index is 1.68. The number of nitrogens with zero attached hydrogens (tertiary/aromatic N) is 1. The minimum atomic E-state index is -0.210. The summed E-state index contributed by atoms with van der Waals surface area (Å²) < 4.78 is 10.7. The van der Waals surface area contributed by atoms with E-state index in [1.807, 2.05) is 31.2 Å². The van der Waals surface area contributed by atoms with Crippen LogP contribution in [0, 0.1) is 0 Å². The van der Waals surface area contributed by atoms with Crippen LogP contribution in [-0.2, 0) is 9.53 Å². The van der Waals surface area contributed by atoms with Crippen LogP contribution in [0.15, 0.2) is 29.2 Å². The van der Waals surface area contributed by atoms with E-state index in [4.69, 9.17) is 9.47 Å². The van der Waals surface area contributed by atoms with E-state index in [9.17, 15) is 9.59 Å². The number of ether oxygens (including phenoxy) is 2. The number of benzene rings is 1. The summed E-state index contributed by atoms with van der Waals surface area (Å²) in [4.78, 5) is 27.7. The maximum absolute atomic E-state index is 12.5. The molecule has 2 aliphatic rings. The van der Waals surface area contributed by atoms with Crippen molar-refractivity contribution in [2.45, 2.75) is 6.92 Å². The number of morpholine rings is 1. The van der Waals surface area contributed by atoms with Gasteiger partial charge in [-0.05, 0) is 42.5 Å². The second kappa shape index (κ2) is 7.83. The molecule has 7 heteroatoms. The van der Waals surface area contributed by atoms with Gasteiger partial charge in [-0.25, -0.2) is 4.90 Å². The third kappa shape index (κ3) is 3.98. The predicted molar refractivity (Wildman–Crippen MR) is 91.8 cm³/mol. The first-order chi connectivity index (χ1) is 11.7. The normalized spacial score (nSPS) is 20.9. The fraction of sp³-hybridized carbons (Fsp3) is 0.412. The van der Waals surface area contributed by atoms with Crippen LogP contribution >= 0.6 is 11.8 Å². The molecular weight excluding hydrogens is 328 g/mol. The zero-order valence-electron chi connectivity index (χ0n) is 13.6. The Morgan fingerprint density at radius 2 is 1.96 bits per heavy atom. The van der Waals surface area contributed by atoms with E-state index in [0.717, 1.165) is 36.2 Å². The van der Waals surface area contributed by atoms with Gasteiger partial charge in [0.15, 0.2) is 6.67 Å². The van der Waals surface area contributed by atoms with E-state index in [1.54, 1.807) is 6.08 Å². The molecule has 6 nitrogen and oxygen atoms in total. The van der Waals surface area contributed by atoms with E-state index in [-0.39, 0.29) is 11.1 Å². The molecule has 0 saturated carbocycles. The van der Waals surface area contributed by atoms with Crippen LogP contribution in [0.5, 0.6) is 5.75 Å². The maximum atomic E-state index is 12.5. The number of nitrogens with one attached hydrogen (secondary N) is 1. The number of quaternary nitrogens is 1. The Morgan fingerprint density at radius 3 is 2.62 bits per heavy atom. The average Bonchev–Trinajstić information content (AvgIpc) is 2.85. The molecule has 1 aromatic carbocycles. The zero-order chi connectivity index (χ0) is 16.9. The Labute approximate surface area is 145 Å². The summed E-state index contributed by atoms with van der Waals surface area (Å²) in [5.41, 5.74) is 0.877. The second-order valence-corrected chi connectivity index (χ2v) is 6.63. The van der Waals surface area contributed by atoms with E-state index in [0.29, 0.717) is 31.4 Å². The maximum Gasteiger partial charge on any atom is 0.298 e. The lowest BCUT2D eigenvalue weighted by Gasteiger charge is -2.26. The minimum Gasteiger partial charge on any atom is -0.494 e. The first-order valence-electron chi connectivity index (χ1n) is 8.07. The van der Waals surface area contributed by atoms with Crippen LogP contribution in [0.25, 0.3) is 6.08 Å². The van der Waals surface area contributed by atoms with Crippen molar-refractivity contribution in [3.05, 3.63) is 34.7 Å². The van der Waals surface area contributed by atoms with Gasteiger partial charge in [0.25, 0.3) is 11.1 Å². The molecule has 2 fully saturated rings. The van der Waals surface area contributed by atoms with Crippen molar-refractivity contribution in [1.82, 2.24) is 4.90 Å².